The van der Waals surface area contributed by atoms with Gasteiger partial charge in [-0.1, -0.05) is 29.8 Å². The Morgan fingerprint density at radius 1 is 1.06 bits per heavy atom. The van der Waals surface area contributed by atoms with Crippen molar-refractivity contribution in [2.45, 2.75) is 32.5 Å². The minimum Gasteiger partial charge on any atom is -0.494 e. The lowest BCUT2D eigenvalue weighted by atomic mass is 10.1. The van der Waals surface area contributed by atoms with Gasteiger partial charge in [-0.3, -0.25) is 9.69 Å². The molecular weight excluding hydrogens is 430 g/mol. The maximum atomic E-state index is 13.2. The number of benzene rings is 2. The van der Waals surface area contributed by atoms with Gasteiger partial charge in [0.25, 0.3) is 0 Å². The van der Waals surface area contributed by atoms with Gasteiger partial charge in [-0.15, -0.1) is 0 Å². The van der Waals surface area contributed by atoms with Gasteiger partial charge in [-0.05, 0) is 43.7 Å². The first-order valence-corrected chi connectivity index (χ1v) is 12.4. The Hall–Kier alpha value is -3.07. The predicted molar refractivity (Wildman–Crippen MR) is 121 cm³/mol. The molecule has 1 N–H and O–H groups in total. The van der Waals surface area contributed by atoms with E-state index in [1.165, 1.54) is 9.80 Å². The van der Waals surface area contributed by atoms with E-state index in [4.69, 9.17) is 4.74 Å². The second kappa shape index (κ2) is 8.82. The molecule has 0 aromatic heterocycles. The number of urea groups is 1. The topological polar surface area (TPSA) is 96.0 Å². The second-order valence-electron chi connectivity index (χ2n) is 8.18. The maximum Gasteiger partial charge on any atom is 0.325 e. The summed E-state index contributed by atoms with van der Waals surface area (Å²) in [4.78, 5) is 28.7. The van der Waals surface area contributed by atoms with Gasteiger partial charge in [0.05, 0.1) is 30.2 Å². The minimum atomic E-state index is -3.31. The minimum absolute atomic E-state index is 0.113. The quantitative estimate of drug-likeness (QED) is 0.643. The summed E-state index contributed by atoms with van der Waals surface area (Å²) in [5, 5.41) is 2.83. The zero-order valence-corrected chi connectivity index (χ0v) is 19.0. The average molecular weight is 458 g/mol. The molecule has 2 aliphatic rings. The first-order valence-electron chi connectivity index (χ1n) is 10.6. The van der Waals surface area contributed by atoms with Crippen LogP contribution >= 0.6 is 0 Å². The molecule has 2 aromatic carbocycles. The number of nitrogens with zero attached hydrogens (tertiary/aromatic N) is 2. The van der Waals surface area contributed by atoms with E-state index in [-0.39, 0.29) is 30.0 Å². The Morgan fingerprint density at radius 3 is 2.38 bits per heavy atom. The number of nitrogens with one attached hydrogen (secondary N) is 1. The number of hydrogen-bond acceptors (Lipinski definition) is 5. The van der Waals surface area contributed by atoms with E-state index in [0.717, 1.165) is 11.1 Å². The number of ether oxygens (including phenoxy) is 1. The van der Waals surface area contributed by atoms with E-state index in [2.05, 4.69) is 5.32 Å². The van der Waals surface area contributed by atoms with Crippen molar-refractivity contribution in [3.05, 3.63) is 59.7 Å². The molecule has 2 aliphatic heterocycles. The SMILES string of the molecule is CCOc1ccc(N2C(=O)N(CC(=O)NCc3ccc(C)cc3)[C@@H]3CS(=O)(=O)C[C@@H]32)cc1. The number of fused-ring (bicyclic) bond motifs is 1. The Labute approximate surface area is 188 Å². The Kier molecular flexibility index (Phi) is 6.10. The normalized spacial score (nSPS) is 21.5. The van der Waals surface area contributed by atoms with Gasteiger partial charge in [-0.2, -0.15) is 0 Å². The lowest BCUT2D eigenvalue weighted by molar-refractivity contribution is -0.122. The van der Waals surface area contributed by atoms with E-state index in [0.29, 0.717) is 24.6 Å². The van der Waals surface area contributed by atoms with Crippen LogP contribution in [0.15, 0.2) is 48.5 Å². The number of sulfone groups is 1. The lowest BCUT2D eigenvalue weighted by Gasteiger charge is -2.22. The van der Waals surface area contributed by atoms with Crippen LogP contribution in [-0.4, -0.2) is 62.0 Å². The summed E-state index contributed by atoms with van der Waals surface area (Å²) < 4.78 is 30.2. The van der Waals surface area contributed by atoms with E-state index in [1.54, 1.807) is 24.3 Å². The van der Waals surface area contributed by atoms with Gasteiger partial charge in [0.1, 0.15) is 12.3 Å². The molecule has 2 fully saturated rings. The van der Waals surface area contributed by atoms with Crippen molar-refractivity contribution in [3.8, 4) is 5.75 Å². The molecule has 0 saturated carbocycles. The molecule has 2 saturated heterocycles. The Bertz CT molecular complexity index is 1100. The Morgan fingerprint density at radius 2 is 1.72 bits per heavy atom. The highest BCUT2D eigenvalue weighted by atomic mass is 32.2. The molecular formula is C23H27N3O5S. The largest absolute Gasteiger partial charge is 0.494 e. The highest BCUT2D eigenvalue weighted by molar-refractivity contribution is 7.91. The average Bonchev–Trinajstić information content (AvgIpc) is 3.19. The number of carbonyl (C=O) groups excluding carboxylic acids is 2. The van der Waals surface area contributed by atoms with Crippen molar-refractivity contribution >= 4 is 27.5 Å². The van der Waals surface area contributed by atoms with Gasteiger partial charge >= 0.3 is 6.03 Å². The molecule has 2 aromatic rings. The molecule has 0 radical (unpaired) electrons. The van der Waals surface area contributed by atoms with Gasteiger partial charge in [0.15, 0.2) is 9.84 Å². The summed E-state index contributed by atoms with van der Waals surface area (Å²) in [7, 11) is -3.31. The molecule has 2 atom stereocenters. The summed E-state index contributed by atoms with van der Waals surface area (Å²) in [6.07, 6.45) is 0. The van der Waals surface area contributed by atoms with Crippen LogP contribution < -0.4 is 15.0 Å². The van der Waals surface area contributed by atoms with Crippen molar-refractivity contribution in [1.82, 2.24) is 10.2 Å². The van der Waals surface area contributed by atoms with Crippen molar-refractivity contribution in [2.75, 3.05) is 29.6 Å². The first kappa shape index (κ1) is 22.1. The number of anilines is 1. The predicted octanol–water partition coefficient (Wildman–Crippen LogP) is 2.12. The van der Waals surface area contributed by atoms with Gasteiger partial charge in [-0.25, -0.2) is 13.2 Å². The number of carbonyl (C=O) groups is 2. The zero-order chi connectivity index (χ0) is 22.9. The summed E-state index contributed by atoms with van der Waals surface area (Å²) >= 11 is 0. The molecule has 0 bridgehead atoms. The highest BCUT2D eigenvalue weighted by Crippen LogP contribution is 2.35. The van der Waals surface area contributed by atoms with Crippen molar-refractivity contribution < 1.29 is 22.7 Å². The van der Waals surface area contributed by atoms with E-state index in [9.17, 15) is 18.0 Å². The van der Waals surface area contributed by atoms with Crippen LogP contribution in [0, 0.1) is 6.92 Å². The second-order valence-corrected chi connectivity index (χ2v) is 10.3. The number of rotatable bonds is 7. The molecule has 32 heavy (non-hydrogen) atoms. The zero-order valence-electron chi connectivity index (χ0n) is 18.2. The van der Waals surface area contributed by atoms with Gasteiger partial charge in [0, 0.05) is 12.2 Å². The lowest BCUT2D eigenvalue weighted by Crippen LogP contribution is -2.44. The summed E-state index contributed by atoms with van der Waals surface area (Å²) in [5.74, 6) is 0.0987. The van der Waals surface area contributed by atoms with E-state index >= 15 is 0 Å². The summed E-state index contributed by atoms with van der Waals surface area (Å²) in [5.41, 5.74) is 2.67. The third kappa shape index (κ3) is 4.57. The van der Waals surface area contributed by atoms with Crippen molar-refractivity contribution in [3.63, 3.8) is 0 Å². The third-order valence-electron chi connectivity index (χ3n) is 5.83. The van der Waals surface area contributed by atoms with Gasteiger partial charge < -0.3 is 15.0 Å². The summed E-state index contributed by atoms with van der Waals surface area (Å²) in [6.45, 7) is 4.55. The fourth-order valence-corrected chi connectivity index (χ4v) is 6.20. The fourth-order valence-electron chi connectivity index (χ4n) is 4.25. The molecule has 0 spiro atoms. The molecule has 4 rings (SSSR count). The van der Waals surface area contributed by atoms with Crippen LogP contribution in [0.5, 0.6) is 5.75 Å². The number of aryl methyl sites for hydroxylation is 1. The van der Waals surface area contributed by atoms with Crippen LogP contribution in [-0.2, 0) is 21.2 Å². The van der Waals surface area contributed by atoms with Crippen LogP contribution in [0.1, 0.15) is 18.1 Å². The van der Waals surface area contributed by atoms with Crippen LogP contribution in [0.2, 0.25) is 0 Å². The summed E-state index contributed by atoms with van der Waals surface area (Å²) in [6, 6.07) is 13.4. The van der Waals surface area contributed by atoms with Crippen molar-refractivity contribution in [1.29, 1.82) is 0 Å². The smallest absolute Gasteiger partial charge is 0.325 e. The van der Waals surface area contributed by atoms with Gasteiger partial charge in [0.2, 0.25) is 5.91 Å². The molecule has 0 aliphatic carbocycles. The molecule has 9 heteroatoms. The van der Waals surface area contributed by atoms with Crippen molar-refractivity contribution in [2.24, 2.45) is 0 Å². The molecule has 2 heterocycles. The molecule has 170 valence electrons. The Balaban J connectivity index is 1.49. The number of amides is 3. The monoisotopic (exact) mass is 457 g/mol. The fraction of sp³-hybridized carbons (Fsp3) is 0.391. The standard InChI is InChI=1S/C23H27N3O5S/c1-3-31-19-10-8-18(9-11-19)26-21-15-32(29,30)14-20(21)25(23(26)28)13-22(27)24-12-17-6-4-16(2)5-7-17/h4-11,20-21H,3,12-15H2,1-2H3,(H,24,27)/t20-,21+/m1/s1. The molecule has 3 amide bonds. The molecule has 0 unspecified atom stereocenters. The van der Waals surface area contributed by atoms with Crippen LogP contribution in [0.3, 0.4) is 0 Å². The highest BCUT2D eigenvalue weighted by Gasteiger charge is 2.54. The van der Waals surface area contributed by atoms with Crippen LogP contribution in [0.4, 0.5) is 10.5 Å². The number of hydrogen-bond donors (Lipinski definition) is 1. The third-order valence-corrected chi connectivity index (χ3v) is 7.53. The van der Waals surface area contributed by atoms with E-state index in [1.807, 2.05) is 38.1 Å². The maximum absolute atomic E-state index is 13.2. The van der Waals surface area contributed by atoms with Crippen LogP contribution in [0.25, 0.3) is 0 Å². The molecule has 8 nitrogen and oxygen atoms in total. The van der Waals surface area contributed by atoms with E-state index < -0.39 is 21.9 Å². The first-order chi connectivity index (χ1) is 15.3.